The first-order valence-corrected chi connectivity index (χ1v) is 11.4. The molecule has 0 aliphatic carbocycles. The number of aliphatic hydroxyl groups is 1. The van der Waals surface area contributed by atoms with Crippen LogP contribution >= 0.6 is 0 Å². The van der Waals surface area contributed by atoms with Gasteiger partial charge in [-0.15, -0.1) is 0 Å². The van der Waals surface area contributed by atoms with E-state index in [1.165, 1.54) is 31.2 Å². The number of aliphatic hydroxyl groups excluding tert-OH is 1. The predicted octanol–water partition coefficient (Wildman–Crippen LogP) is 1.47. The largest absolute Gasteiger partial charge is 0.508 e. The highest BCUT2D eigenvalue weighted by Crippen LogP contribution is 2.44. The van der Waals surface area contributed by atoms with Crippen molar-refractivity contribution in [1.82, 2.24) is 0 Å². The first-order valence-electron chi connectivity index (χ1n) is 11.4. The van der Waals surface area contributed by atoms with Gasteiger partial charge in [-0.2, -0.15) is 0 Å². The van der Waals surface area contributed by atoms with E-state index in [1.54, 1.807) is 0 Å². The second-order valence-electron chi connectivity index (χ2n) is 8.74. The number of hydrogen-bond acceptors (Lipinski definition) is 12. The molecule has 198 valence electrons. The standard InChI is InChI=1S/C25H26O12/c1-10-21(34-11(2)26)24(35-12(3)27)20(32)25(33-10)37-23-19(31)18-16(30)8-15(29)9-17(18)36-22(23)13-4-6-14(28)7-5-13/h4-10,20-25,28-30,32H,1-3H3. The Labute approximate surface area is 210 Å². The Balaban J connectivity index is 1.70. The van der Waals surface area contributed by atoms with Gasteiger partial charge in [0.1, 0.15) is 34.7 Å². The van der Waals surface area contributed by atoms with Gasteiger partial charge in [0.05, 0.1) is 6.10 Å². The van der Waals surface area contributed by atoms with Gasteiger partial charge in [0.15, 0.2) is 30.7 Å². The highest BCUT2D eigenvalue weighted by molar-refractivity contribution is 6.05. The average Bonchev–Trinajstić information content (AvgIpc) is 2.80. The molecular formula is C25H26O12. The molecule has 12 heteroatoms. The highest BCUT2D eigenvalue weighted by Gasteiger charge is 2.51. The van der Waals surface area contributed by atoms with Gasteiger partial charge >= 0.3 is 11.9 Å². The number of benzene rings is 2. The van der Waals surface area contributed by atoms with Gasteiger partial charge in [0.25, 0.3) is 0 Å². The number of esters is 2. The van der Waals surface area contributed by atoms with Gasteiger partial charge in [0, 0.05) is 26.0 Å². The maximum Gasteiger partial charge on any atom is 0.303 e. The third kappa shape index (κ3) is 5.31. The maximum absolute atomic E-state index is 13.5. The number of ether oxygens (including phenoxy) is 5. The van der Waals surface area contributed by atoms with Gasteiger partial charge in [-0.05, 0) is 24.6 Å². The zero-order valence-corrected chi connectivity index (χ0v) is 20.1. The first-order chi connectivity index (χ1) is 17.5. The maximum atomic E-state index is 13.5. The van der Waals surface area contributed by atoms with E-state index in [4.69, 9.17) is 23.7 Å². The van der Waals surface area contributed by atoms with Crippen molar-refractivity contribution in [2.24, 2.45) is 0 Å². The summed E-state index contributed by atoms with van der Waals surface area (Å²) in [5.74, 6) is -3.23. The van der Waals surface area contributed by atoms with E-state index < -0.39 is 66.4 Å². The Bertz CT molecular complexity index is 1190. The van der Waals surface area contributed by atoms with Crippen molar-refractivity contribution in [3.05, 3.63) is 47.5 Å². The summed E-state index contributed by atoms with van der Waals surface area (Å²) in [4.78, 5) is 36.8. The SMILES string of the molecule is CC(=O)OC1C(C)OC(OC2C(=O)c3c(O)cc(O)cc3OC2c2ccc(O)cc2)C(O)C1OC(C)=O. The number of hydrogen-bond donors (Lipinski definition) is 4. The summed E-state index contributed by atoms with van der Waals surface area (Å²) in [7, 11) is 0. The Morgan fingerprint density at radius 3 is 2.16 bits per heavy atom. The van der Waals surface area contributed by atoms with E-state index in [0.717, 1.165) is 26.0 Å². The van der Waals surface area contributed by atoms with Gasteiger partial charge in [-0.3, -0.25) is 14.4 Å². The second-order valence-corrected chi connectivity index (χ2v) is 8.74. The van der Waals surface area contributed by atoms with Crippen molar-refractivity contribution in [2.75, 3.05) is 0 Å². The molecule has 1 saturated heterocycles. The summed E-state index contributed by atoms with van der Waals surface area (Å²) >= 11 is 0. The highest BCUT2D eigenvalue weighted by atomic mass is 16.7. The summed E-state index contributed by atoms with van der Waals surface area (Å²) < 4.78 is 28.0. The number of Topliss-reactive ketones (excluding diaryl/α,β-unsaturated/α-hetero) is 1. The van der Waals surface area contributed by atoms with Crippen molar-refractivity contribution in [3.8, 4) is 23.0 Å². The van der Waals surface area contributed by atoms with Crippen LogP contribution in [0, 0.1) is 0 Å². The van der Waals surface area contributed by atoms with Crippen LogP contribution in [0.1, 0.15) is 42.8 Å². The number of phenols is 3. The summed E-state index contributed by atoms with van der Waals surface area (Å²) in [6.07, 6.45) is -9.36. The van der Waals surface area contributed by atoms with Crippen molar-refractivity contribution in [2.45, 2.75) is 63.7 Å². The molecular weight excluding hydrogens is 492 g/mol. The van der Waals surface area contributed by atoms with Crippen molar-refractivity contribution in [1.29, 1.82) is 0 Å². The molecule has 12 nitrogen and oxygen atoms in total. The number of fused-ring (bicyclic) bond motifs is 1. The van der Waals surface area contributed by atoms with Crippen LogP contribution in [0.3, 0.4) is 0 Å². The fourth-order valence-corrected chi connectivity index (χ4v) is 4.37. The molecule has 7 unspecified atom stereocenters. The summed E-state index contributed by atoms with van der Waals surface area (Å²) in [5.41, 5.74) is 0.128. The van der Waals surface area contributed by atoms with Crippen LogP contribution in [-0.2, 0) is 28.5 Å². The van der Waals surface area contributed by atoms with E-state index in [0.29, 0.717) is 5.56 Å². The van der Waals surface area contributed by atoms with Crippen LogP contribution in [0.15, 0.2) is 36.4 Å². The fourth-order valence-electron chi connectivity index (χ4n) is 4.37. The Kier molecular flexibility index (Phi) is 7.25. The molecule has 0 aromatic heterocycles. The molecule has 7 atom stereocenters. The zero-order valence-electron chi connectivity index (χ0n) is 20.1. The van der Waals surface area contributed by atoms with Crippen LogP contribution in [0.25, 0.3) is 0 Å². The lowest BCUT2D eigenvalue weighted by Crippen LogP contribution is -2.61. The van der Waals surface area contributed by atoms with Gasteiger partial charge in [0.2, 0.25) is 5.78 Å². The molecule has 2 aliphatic heterocycles. The van der Waals surface area contributed by atoms with E-state index in [2.05, 4.69) is 0 Å². The van der Waals surface area contributed by atoms with E-state index in [-0.39, 0.29) is 22.8 Å². The van der Waals surface area contributed by atoms with Crippen LogP contribution in [0.2, 0.25) is 0 Å². The van der Waals surface area contributed by atoms with Gasteiger partial charge < -0.3 is 44.1 Å². The number of rotatable bonds is 5. The van der Waals surface area contributed by atoms with Crippen molar-refractivity contribution in [3.63, 3.8) is 0 Å². The molecule has 0 saturated carbocycles. The quantitative estimate of drug-likeness (QED) is 0.420. The minimum Gasteiger partial charge on any atom is -0.508 e. The average molecular weight is 518 g/mol. The second kappa shape index (κ2) is 10.2. The molecule has 1 fully saturated rings. The van der Waals surface area contributed by atoms with Crippen LogP contribution in [0.5, 0.6) is 23.0 Å². The first kappa shape index (κ1) is 26.2. The molecule has 0 amide bonds. The molecule has 2 aliphatic rings. The Hall–Kier alpha value is -3.87. The van der Waals surface area contributed by atoms with Crippen LogP contribution in [0.4, 0.5) is 0 Å². The lowest BCUT2D eigenvalue weighted by molar-refractivity contribution is -0.308. The number of ketones is 1. The van der Waals surface area contributed by atoms with Crippen molar-refractivity contribution < 1.29 is 58.5 Å². The van der Waals surface area contributed by atoms with Crippen LogP contribution in [-0.4, -0.2) is 75.0 Å². The fraction of sp³-hybridized carbons (Fsp3) is 0.400. The third-order valence-corrected chi connectivity index (χ3v) is 5.96. The summed E-state index contributed by atoms with van der Waals surface area (Å²) in [6.45, 7) is 3.77. The number of aromatic hydroxyl groups is 3. The van der Waals surface area contributed by atoms with E-state index in [9.17, 15) is 34.8 Å². The smallest absolute Gasteiger partial charge is 0.303 e. The Morgan fingerprint density at radius 2 is 1.54 bits per heavy atom. The van der Waals surface area contributed by atoms with Gasteiger partial charge in [-0.1, -0.05) is 12.1 Å². The van der Waals surface area contributed by atoms with Crippen molar-refractivity contribution >= 4 is 17.7 Å². The lowest BCUT2D eigenvalue weighted by atomic mass is 9.92. The molecule has 0 bridgehead atoms. The lowest BCUT2D eigenvalue weighted by Gasteiger charge is -2.44. The Morgan fingerprint density at radius 1 is 0.919 bits per heavy atom. The zero-order chi connectivity index (χ0) is 27.0. The molecule has 4 N–H and O–H groups in total. The monoisotopic (exact) mass is 518 g/mol. The molecule has 2 aromatic carbocycles. The summed E-state index contributed by atoms with van der Waals surface area (Å²) in [6, 6.07) is 7.82. The minimum absolute atomic E-state index is 0.0420. The molecule has 2 heterocycles. The predicted molar refractivity (Wildman–Crippen MR) is 122 cm³/mol. The van der Waals surface area contributed by atoms with E-state index in [1.807, 2.05) is 0 Å². The van der Waals surface area contributed by atoms with Gasteiger partial charge in [-0.25, -0.2) is 0 Å². The number of carbonyl (C=O) groups excluding carboxylic acids is 3. The van der Waals surface area contributed by atoms with E-state index >= 15 is 0 Å². The molecule has 2 aromatic rings. The molecule has 4 rings (SSSR count). The normalized spacial score (nSPS) is 29.1. The molecule has 37 heavy (non-hydrogen) atoms. The molecule has 0 radical (unpaired) electrons. The van der Waals surface area contributed by atoms with Crippen LogP contribution < -0.4 is 4.74 Å². The summed E-state index contributed by atoms with van der Waals surface area (Å²) in [5, 5.41) is 40.9. The third-order valence-electron chi connectivity index (χ3n) is 5.96. The topological polar surface area (TPSA) is 178 Å². The number of carbonyl (C=O) groups is 3. The molecule has 0 spiro atoms. The number of phenolic OH excluding ortho intramolecular Hbond substituents is 3. The minimum atomic E-state index is -1.69.